The summed E-state index contributed by atoms with van der Waals surface area (Å²) in [5.74, 6) is -0.549. The van der Waals surface area contributed by atoms with E-state index in [0.717, 1.165) is 19.0 Å². The zero-order valence-electron chi connectivity index (χ0n) is 8.61. The first-order chi connectivity index (χ1) is 7.58. The molecule has 0 unspecified atom stereocenters. The van der Waals surface area contributed by atoms with Crippen molar-refractivity contribution in [1.82, 2.24) is 10.0 Å². The lowest BCUT2D eigenvalue weighted by molar-refractivity contribution is 0.557. The summed E-state index contributed by atoms with van der Waals surface area (Å²) in [5.41, 5.74) is 0. The number of rotatable bonds is 3. The fourth-order valence-electron chi connectivity index (χ4n) is 1.68. The number of hydrogen-bond donors (Lipinski definition) is 2. The maximum absolute atomic E-state index is 12.9. The summed E-state index contributed by atoms with van der Waals surface area (Å²) >= 11 is 0. The molecule has 1 saturated heterocycles. The van der Waals surface area contributed by atoms with Gasteiger partial charge in [-0.05, 0) is 31.2 Å². The molecule has 0 amide bonds. The standard InChI is InChI=1S/C10H13FN2O2S/c11-8-2-1-3-10(6-8)16(14,15)13-9-4-5-12-7-9/h1-3,6,9,12-13H,4-5,7H2/t9-/m1/s1. The molecule has 0 saturated carbocycles. The van der Waals surface area contributed by atoms with E-state index in [9.17, 15) is 12.8 Å². The van der Waals surface area contributed by atoms with Crippen molar-refractivity contribution >= 4 is 10.0 Å². The number of halogens is 1. The van der Waals surface area contributed by atoms with Crippen LogP contribution in [0.4, 0.5) is 4.39 Å². The fourth-order valence-corrected chi connectivity index (χ4v) is 2.98. The number of hydrogen-bond acceptors (Lipinski definition) is 3. The lowest BCUT2D eigenvalue weighted by Gasteiger charge is -2.11. The van der Waals surface area contributed by atoms with Crippen molar-refractivity contribution in [2.45, 2.75) is 17.4 Å². The van der Waals surface area contributed by atoms with Gasteiger partial charge in [0.1, 0.15) is 5.82 Å². The monoisotopic (exact) mass is 244 g/mol. The Morgan fingerprint density at radius 3 is 2.88 bits per heavy atom. The van der Waals surface area contributed by atoms with Crippen LogP contribution in [0.3, 0.4) is 0 Å². The first-order valence-corrected chi connectivity index (χ1v) is 6.55. The van der Waals surface area contributed by atoms with Gasteiger partial charge in [-0.25, -0.2) is 17.5 Å². The third kappa shape index (κ3) is 2.58. The molecule has 0 spiro atoms. The molecule has 1 aliphatic heterocycles. The van der Waals surface area contributed by atoms with Crippen molar-refractivity contribution in [1.29, 1.82) is 0 Å². The third-order valence-electron chi connectivity index (χ3n) is 2.49. The summed E-state index contributed by atoms with van der Waals surface area (Å²) in [6.07, 6.45) is 0.758. The van der Waals surface area contributed by atoms with Crippen LogP contribution >= 0.6 is 0 Å². The second-order valence-corrected chi connectivity index (χ2v) is 5.48. The molecule has 0 aliphatic carbocycles. The van der Waals surface area contributed by atoms with Gasteiger partial charge >= 0.3 is 0 Å². The SMILES string of the molecule is O=S(=O)(N[C@@H]1CCNC1)c1cccc(F)c1. The van der Waals surface area contributed by atoms with E-state index >= 15 is 0 Å². The van der Waals surface area contributed by atoms with E-state index in [0.29, 0.717) is 6.54 Å². The van der Waals surface area contributed by atoms with E-state index in [2.05, 4.69) is 10.0 Å². The Balaban J connectivity index is 2.18. The van der Waals surface area contributed by atoms with Gasteiger partial charge in [-0.1, -0.05) is 6.07 Å². The van der Waals surface area contributed by atoms with Crippen LogP contribution in [0.2, 0.25) is 0 Å². The topological polar surface area (TPSA) is 58.2 Å². The zero-order valence-corrected chi connectivity index (χ0v) is 9.43. The quantitative estimate of drug-likeness (QED) is 0.812. The highest BCUT2D eigenvalue weighted by atomic mass is 32.2. The van der Waals surface area contributed by atoms with Gasteiger partial charge in [0.25, 0.3) is 0 Å². The smallest absolute Gasteiger partial charge is 0.240 e. The van der Waals surface area contributed by atoms with Crippen molar-refractivity contribution in [2.75, 3.05) is 13.1 Å². The average molecular weight is 244 g/mol. The first kappa shape index (κ1) is 11.5. The third-order valence-corrected chi connectivity index (χ3v) is 4.01. The highest BCUT2D eigenvalue weighted by Gasteiger charge is 2.22. The molecule has 4 nitrogen and oxygen atoms in total. The second-order valence-electron chi connectivity index (χ2n) is 3.77. The molecule has 1 atom stereocenters. The molecule has 6 heteroatoms. The molecule has 2 rings (SSSR count). The van der Waals surface area contributed by atoms with Crippen LogP contribution in [0.15, 0.2) is 29.2 Å². The Hall–Kier alpha value is -0.980. The summed E-state index contributed by atoms with van der Waals surface area (Å²) in [6.45, 7) is 1.42. The van der Waals surface area contributed by atoms with E-state index in [1.165, 1.54) is 18.2 Å². The average Bonchev–Trinajstić information content (AvgIpc) is 2.70. The van der Waals surface area contributed by atoms with E-state index in [4.69, 9.17) is 0 Å². The van der Waals surface area contributed by atoms with Gasteiger partial charge in [0.15, 0.2) is 0 Å². The minimum Gasteiger partial charge on any atom is -0.315 e. The summed E-state index contributed by atoms with van der Waals surface area (Å²) < 4.78 is 39.1. The van der Waals surface area contributed by atoms with Crippen molar-refractivity contribution in [3.05, 3.63) is 30.1 Å². The Morgan fingerprint density at radius 2 is 2.25 bits per heavy atom. The van der Waals surface area contributed by atoms with Gasteiger partial charge in [-0.2, -0.15) is 0 Å². The highest BCUT2D eigenvalue weighted by molar-refractivity contribution is 7.89. The summed E-state index contributed by atoms with van der Waals surface area (Å²) in [5, 5.41) is 3.06. The molecular formula is C10H13FN2O2S. The van der Waals surface area contributed by atoms with Crippen molar-refractivity contribution in [3.8, 4) is 0 Å². The Morgan fingerprint density at radius 1 is 1.44 bits per heavy atom. The van der Waals surface area contributed by atoms with Crippen LogP contribution in [0, 0.1) is 5.82 Å². The fraction of sp³-hybridized carbons (Fsp3) is 0.400. The molecule has 2 N–H and O–H groups in total. The Labute approximate surface area is 93.9 Å². The predicted molar refractivity (Wildman–Crippen MR) is 58.0 cm³/mol. The minimum absolute atomic E-state index is 0.0283. The number of nitrogens with one attached hydrogen (secondary N) is 2. The van der Waals surface area contributed by atoms with E-state index in [-0.39, 0.29) is 10.9 Å². The van der Waals surface area contributed by atoms with Crippen molar-refractivity contribution in [3.63, 3.8) is 0 Å². The zero-order chi connectivity index (χ0) is 11.6. The van der Waals surface area contributed by atoms with E-state index in [1.807, 2.05) is 0 Å². The van der Waals surface area contributed by atoms with Crippen molar-refractivity contribution in [2.24, 2.45) is 0 Å². The Kier molecular flexibility index (Phi) is 3.22. The van der Waals surface area contributed by atoms with Gasteiger partial charge in [0.05, 0.1) is 4.90 Å². The normalized spacial score (nSPS) is 21.2. The van der Waals surface area contributed by atoms with Crippen LogP contribution in [0.1, 0.15) is 6.42 Å². The molecule has 1 fully saturated rings. The molecule has 1 aromatic rings. The lowest BCUT2D eigenvalue weighted by Crippen LogP contribution is -2.36. The molecular weight excluding hydrogens is 231 g/mol. The van der Waals surface area contributed by atoms with Gasteiger partial charge in [0, 0.05) is 12.6 Å². The molecule has 1 heterocycles. The van der Waals surface area contributed by atoms with Crippen LogP contribution in [-0.2, 0) is 10.0 Å². The number of sulfonamides is 1. The van der Waals surface area contributed by atoms with Crippen LogP contribution < -0.4 is 10.0 Å². The maximum Gasteiger partial charge on any atom is 0.240 e. The van der Waals surface area contributed by atoms with Crippen LogP contribution in [0.25, 0.3) is 0 Å². The van der Waals surface area contributed by atoms with E-state index in [1.54, 1.807) is 0 Å². The molecule has 88 valence electrons. The molecule has 1 aliphatic rings. The Bertz CT molecular complexity index is 469. The molecule has 1 aromatic carbocycles. The van der Waals surface area contributed by atoms with Crippen molar-refractivity contribution < 1.29 is 12.8 Å². The summed E-state index contributed by atoms with van der Waals surface area (Å²) in [6, 6.07) is 4.90. The summed E-state index contributed by atoms with van der Waals surface area (Å²) in [7, 11) is -3.60. The van der Waals surface area contributed by atoms with Gasteiger partial charge in [-0.15, -0.1) is 0 Å². The van der Waals surface area contributed by atoms with Gasteiger partial charge < -0.3 is 5.32 Å². The molecule has 0 aromatic heterocycles. The first-order valence-electron chi connectivity index (χ1n) is 5.06. The molecule has 0 radical (unpaired) electrons. The predicted octanol–water partition coefficient (Wildman–Crippen LogP) is 0.466. The number of benzene rings is 1. The highest BCUT2D eigenvalue weighted by Crippen LogP contribution is 2.12. The lowest BCUT2D eigenvalue weighted by atomic mass is 10.3. The van der Waals surface area contributed by atoms with E-state index < -0.39 is 15.8 Å². The second kappa shape index (κ2) is 4.48. The molecule has 0 bridgehead atoms. The molecule has 16 heavy (non-hydrogen) atoms. The maximum atomic E-state index is 12.9. The largest absolute Gasteiger partial charge is 0.315 e. The van der Waals surface area contributed by atoms with Gasteiger partial charge in [-0.3, -0.25) is 0 Å². The summed E-state index contributed by atoms with van der Waals surface area (Å²) in [4.78, 5) is -0.0283. The van der Waals surface area contributed by atoms with Crippen LogP contribution in [0.5, 0.6) is 0 Å². The van der Waals surface area contributed by atoms with Crippen LogP contribution in [-0.4, -0.2) is 27.5 Å². The minimum atomic E-state index is -3.60. The van der Waals surface area contributed by atoms with Gasteiger partial charge in [0.2, 0.25) is 10.0 Å².